The van der Waals surface area contributed by atoms with Crippen LogP contribution in [0.25, 0.3) is 16.8 Å². The van der Waals surface area contributed by atoms with Gasteiger partial charge >= 0.3 is 0 Å². The van der Waals surface area contributed by atoms with Gasteiger partial charge < -0.3 is 14.7 Å². The van der Waals surface area contributed by atoms with E-state index < -0.39 is 0 Å². The van der Waals surface area contributed by atoms with E-state index in [1.54, 1.807) is 28.9 Å². The average Bonchev–Trinajstić information content (AvgIpc) is 3.53. The van der Waals surface area contributed by atoms with Crippen molar-refractivity contribution >= 4 is 17.3 Å². The van der Waals surface area contributed by atoms with Crippen molar-refractivity contribution < 1.29 is 14.1 Å². The third-order valence-corrected chi connectivity index (χ3v) is 5.78. The summed E-state index contributed by atoms with van der Waals surface area (Å²) in [5, 5.41) is 11.1. The summed E-state index contributed by atoms with van der Waals surface area (Å²) in [5.74, 6) is -0.151. The van der Waals surface area contributed by atoms with Crippen LogP contribution in [0.3, 0.4) is 0 Å². The standard InChI is InChI=1S/C24H23N5O3/c30-23(25-15-19-11-14-32-27-19)18-9-7-17(8-10-18)21-5-4-6-22-20(16-26-29(21)22)24(31)28-12-2-1-3-13-28/h4-11,14,16H,1-3,12-13,15H2,(H,25,30). The second-order valence-corrected chi connectivity index (χ2v) is 7.87. The van der Waals surface area contributed by atoms with Gasteiger partial charge in [0.1, 0.15) is 12.0 Å². The highest BCUT2D eigenvalue weighted by Crippen LogP contribution is 2.24. The van der Waals surface area contributed by atoms with E-state index in [9.17, 15) is 9.59 Å². The zero-order chi connectivity index (χ0) is 21.9. The molecule has 4 heterocycles. The molecule has 1 fully saturated rings. The Morgan fingerprint density at radius 2 is 1.81 bits per heavy atom. The molecule has 162 valence electrons. The molecule has 0 saturated carbocycles. The van der Waals surface area contributed by atoms with E-state index >= 15 is 0 Å². The molecule has 0 spiro atoms. The number of likely N-dealkylation sites (tertiary alicyclic amines) is 1. The van der Waals surface area contributed by atoms with Crippen molar-refractivity contribution in [3.63, 3.8) is 0 Å². The number of aromatic nitrogens is 3. The minimum Gasteiger partial charge on any atom is -0.364 e. The number of hydrogen-bond acceptors (Lipinski definition) is 5. The van der Waals surface area contributed by atoms with Gasteiger partial charge in [-0.05, 0) is 43.5 Å². The molecular weight excluding hydrogens is 406 g/mol. The Hall–Kier alpha value is -3.94. The van der Waals surface area contributed by atoms with Crippen molar-refractivity contribution in [3.05, 3.63) is 77.8 Å². The molecule has 0 unspecified atom stereocenters. The van der Waals surface area contributed by atoms with Gasteiger partial charge in [0.15, 0.2) is 0 Å². The first-order valence-electron chi connectivity index (χ1n) is 10.7. The topological polar surface area (TPSA) is 92.7 Å². The minimum atomic E-state index is -0.189. The molecule has 3 aromatic heterocycles. The fourth-order valence-electron chi connectivity index (χ4n) is 4.06. The number of nitrogens with zero attached hydrogens (tertiary/aromatic N) is 4. The molecule has 2 amide bonds. The first-order valence-corrected chi connectivity index (χ1v) is 10.7. The summed E-state index contributed by atoms with van der Waals surface area (Å²) in [6, 6.07) is 14.8. The average molecular weight is 429 g/mol. The van der Waals surface area contributed by atoms with Crippen molar-refractivity contribution in [1.82, 2.24) is 25.0 Å². The Bertz CT molecular complexity index is 1240. The summed E-state index contributed by atoms with van der Waals surface area (Å²) in [6.45, 7) is 1.91. The van der Waals surface area contributed by atoms with Gasteiger partial charge in [-0.1, -0.05) is 23.4 Å². The molecule has 0 bridgehead atoms. The van der Waals surface area contributed by atoms with Gasteiger partial charge in [-0.15, -0.1) is 0 Å². The Balaban J connectivity index is 1.37. The van der Waals surface area contributed by atoms with Gasteiger partial charge in [-0.3, -0.25) is 9.59 Å². The van der Waals surface area contributed by atoms with Gasteiger partial charge in [0.2, 0.25) is 0 Å². The van der Waals surface area contributed by atoms with Gasteiger partial charge in [0.25, 0.3) is 11.8 Å². The predicted molar refractivity (Wildman–Crippen MR) is 118 cm³/mol. The van der Waals surface area contributed by atoms with E-state index in [4.69, 9.17) is 4.52 Å². The molecule has 0 radical (unpaired) electrons. The summed E-state index contributed by atoms with van der Waals surface area (Å²) in [7, 11) is 0. The lowest BCUT2D eigenvalue weighted by molar-refractivity contribution is 0.0726. The number of pyridine rings is 1. The van der Waals surface area contributed by atoms with Crippen molar-refractivity contribution in [2.75, 3.05) is 13.1 Å². The van der Waals surface area contributed by atoms with Gasteiger partial charge in [0.05, 0.1) is 29.5 Å². The van der Waals surface area contributed by atoms with E-state index in [1.165, 1.54) is 12.7 Å². The lowest BCUT2D eigenvalue weighted by atomic mass is 10.1. The summed E-state index contributed by atoms with van der Waals surface area (Å²) < 4.78 is 6.56. The molecule has 4 aromatic rings. The second-order valence-electron chi connectivity index (χ2n) is 7.87. The van der Waals surface area contributed by atoms with Crippen molar-refractivity contribution in [2.45, 2.75) is 25.8 Å². The quantitative estimate of drug-likeness (QED) is 0.524. The van der Waals surface area contributed by atoms with Crippen LogP contribution < -0.4 is 5.32 Å². The normalized spacial score (nSPS) is 13.9. The predicted octanol–water partition coefficient (Wildman–Crippen LogP) is 3.55. The first kappa shape index (κ1) is 20.0. The molecule has 8 heteroatoms. The lowest BCUT2D eigenvalue weighted by Crippen LogP contribution is -2.35. The van der Waals surface area contributed by atoms with Crippen LogP contribution >= 0.6 is 0 Å². The number of fused-ring (bicyclic) bond motifs is 1. The maximum Gasteiger partial charge on any atom is 0.257 e. The zero-order valence-electron chi connectivity index (χ0n) is 17.5. The Morgan fingerprint density at radius 3 is 2.56 bits per heavy atom. The smallest absolute Gasteiger partial charge is 0.257 e. The molecule has 0 aliphatic carbocycles. The van der Waals surface area contributed by atoms with Gasteiger partial charge in [0, 0.05) is 30.3 Å². The third-order valence-electron chi connectivity index (χ3n) is 5.78. The largest absolute Gasteiger partial charge is 0.364 e. The van der Waals surface area contributed by atoms with E-state index in [-0.39, 0.29) is 11.8 Å². The van der Waals surface area contributed by atoms with E-state index in [2.05, 4.69) is 15.6 Å². The fourth-order valence-corrected chi connectivity index (χ4v) is 4.06. The van der Waals surface area contributed by atoms with Crippen LogP contribution in [0, 0.1) is 0 Å². The van der Waals surface area contributed by atoms with Crippen LogP contribution in [0.2, 0.25) is 0 Å². The maximum absolute atomic E-state index is 13.0. The number of benzene rings is 1. The molecular formula is C24H23N5O3. The summed E-state index contributed by atoms with van der Waals surface area (Å²) in [4.78, 5) is 27.3. The number of carbonyl (C=O) groups excluding carboxylic acids is 2. The van der Waals surface area contributed by atoms with Crippen LogP contribution in [0.15, 0.2) is 65.5 Å². The number of amides is 2. The fraction of sp³-hybridized carbons (Fsp3) is 0.250. The summed E-state index contributed by atoms with van der Waals surface area (Å²) in [5.41, 5.74) is 4.38. The Kier molecular flexibility index (Phi) is 5.41. The van der Waals surface area contributed by atoms with Crippen LogP contribution in [0.1, 0.15) is 45.7 Å². The maximum atomic E-state index is 13.0. The molecule has 1 saturated heterocycles. The molecule has 1 N–H and O–H groups in total. The molecule has 1 aromatic carbocycles. The Morgan fingerprint density at radius 1 is 1.00 bits per heavy atom. The second kappa shape index (κ2) is 8.66. The highest BCUT2D eigenvalue weighted by atomic mass is 16.5. The van der Waals surface area contributed by atoms with Crippen molar-refractivity contribution in [2.24, 2.45) is 0 Å². The SMILES string of the molecule is O=C(NCc1ccon1)c1ccc(-c2cccc3c(C(=O)N4CCCCC4)cnn23)cc1. The molecule has 32 heavy (non-hydrogen) atoms. The van der Waals surface area contributed by atoms with Crippen LogP contribution in [0.5, 0.6) is 0 Å². The number of hydrogen-bond donors (Lipinski definition) is 1. The summed E-state index contributed by atoms with van der Waals surface area (Å²) >= 11 is 0. The van der Waals surface area contributed by atoms with Crippen LogP contribution in [0.4, 0.5) is 0 Å². The van der Waals surface area contributed by atoms with E-state index in [0.717, 1.165) is 42.7 Å². The van der Waals surface area contributed by atoms with E-state index in [0.29, 0.717) is 23.4 Å². The number of piperidine rings is 1. The number of rotatable bonds is 5. The van der Waals surface area contributed by atoms with Crippen LogP contribution in [-0.4, -0.2) is 44.6 Å². The highest BCUT2D eigenvalue weighted by Gasteiger charge is 2.22. The lowest BCUT2D eigenvalue weighted by Gasteiger charge is -2.26. The first-order chi connectivity index (χ1) is 15.7. The van der Waals surface area contributed by atoms with Gasteiger partial charge in [-0.2, -0.15) is 5.10 Å². The summed E-state index contributed by atoms with van der Waals surface area (Å²) in [6.07, 6.45) is 6.40. The number of carbonyl (C=O) groups is 2. The van der Waals surface area contributed by atoms with Crippen LogP contribution in [-0.2, 0) is 6.54 Å². The molecule has 5 rings (SSSR count). The van der Waals surface area contributed by atoms with Crippen molar-refractivity contribution in [3.8, 4) is 11.3 Å². The number of nitrogens with one attached hydrogen (secondary N) is 1. The molecule has 1 aliphatic heterocycles. The zero-order valence-corrected chi connectivity index (χ0v) is 17.5. The molecule has 0 atom stereocenters. The minimum absolute atomic E-state index is 0.0379. The third kappa shape index (κ3) is 3.87. The monoisotopic (exact) mass is 429 g/mol. The van der Waals surface area contributed by atoms with E-state index in [1.807, 2.05) is 35.2 Å². The highest BCUT2D eigenvalue weighted by molar-refractivity contribution is 6.01. The van der Waals surface area contributed by atoms with Gasteiger partial charge in [-0.25, -0.2) is 4.52 Å². The Labute approximate surface area is 184 Å². The van der Waals surface area contributed by atoms with Crippen molar-refractivity contribution in [1.29, 1.82) is 0 Å². The molecule has 1 aliphatic rings. The molecule has 8 nitrogen and oxygen atoms in total.